The number of benzene rings is 2. The third kappa shape index (κ3) is 4.90. The lowest BCUT2D eigenvalue weighted by molar-refractivity contribution is 0.240. The van der Waals surface area contributed by atoms with Crippen LogP contribution in [0, 0.1) is 3.57 Å². The highest BCUT2D eigenvalue weighted by atomic mass is 127. The molecule has 3 rings (SSSR count). The Hall–Kier alpha value is -1.51. The number of rotatable bonds is 7. The highest BCUT2D eigenvalue weighted by molar-refractivity contribution is 14.1. The molecule has 5 nitrogen and oxygen atoms in total. The van der Waals surface area contributed by atoms with Crippen molar-refractivity contribution in [2.45, 2.75) is 33.3 Å². The average molecular weight is 533 g/mol. The number of ether oxygens (including phenoxy) is 2. The van der Waals surface area contributed by atoms with Crippen molar-refractivity contribution in [2.24, 2.45) is 0 Å². The Bertz CT molecular complexity index is 953. The van der Waals surface area contributed by atoms with Crippen molar-refractivity contribution >= 4 is 45.8 Å². The van der Waals surface area contributed by atoms with Crippen LogP contribution in [0.5, 0.6) is 11.5 Å². The summed E-state index contributed by atoms with van der Waals surface area (Å²) in [7, 11) is 0. The van der Waals surface area contributed by atoms with E-state index in [4.69, 9.17) is 37.2 Å². The summed E-state index contributed by atoms with van der Waals surface area (Å²) in [6.07, 6.45) is 0.969. The molecular formula is C20H19Cl2IN2O3. The van der Waals surface area contributed by atoms with Crippen molar-refractivity contribution in [3.05, 3.63) is 43.9 Å². The van der Waals surface area contributed by atoms with E-state index in [0.717, 1.165) is 21.3 Å². The number of aromatic nitrogens is 2. The molecule has 0 unspecified atom stereocenters. The lowest BCUT2D eigenvalue weighted by Crippen LogP contribution is -2.06. The third-order valence-corrected chi connectivity index (χ3v) is 5.08. The lowest BCUT2D eigenvalue weighted by atomic mass is 10.2. The topological polar surface area (TPSA) is 57.4 Å². The summed E-state index contributed by atoms with van der Waals surface area (Å²) in [5.41, 5.74) is 1.46. The Morgan fingerprint density at radius 2 is 1.82 bits per heavy atom. The van der Waals surface area contributed by atoms with Crippen LogP contribution in [0.15, 0.2) is 34.9 Å². The molecule has 28 heavy (non-hydrogen) atoms. The average Bonchev–Trinajstić information content (AvgIpc) is 3.12. The quantitative estimate of drug-likeness (QED) is 0.310. The smallest absolute Gasteiger partial charge is 0.258 e. The number of nitrogens with zero attached hydrogens (tertiary/aromatic N) is 2. The van der Waals surface area contributed by atoms with Gasteiger partial charge in [-0.25, -0.2) is 0 Å². The van der Waals surface area contributed by atoms with Crippen molar-refractivity contribution in [1.29, 1.82) is 0 Å². The van der Waals surface area contributed by atoms with Crippen LogP contribution in [0.4, 0.5) is 0 Å². The first kappa shape index (κ1) is 21.2. The zero-order valence-corrected chi connectivity index (χ0v) is 19.3. The molecule has 0 fully saturated rings. The van der Waals surface area contributed by atoms with Crippen molar-refractivity contribution < 1.29 is 14.0 Å². The molecule has 0 radical (unpaired) electrons. The minimum absolute atomic E-state index is 0.106. The van der Waals surface area contributed by atoms with Crippen molar-refractivity contribution in [3.8, 4) is 34.3 Å². The van der Waals surface area contributed by atoms with Gasteiger partial charge in [-0.15, -0.1) is 0 Å². The summed E-state index contributed by atoms with van der Waals surface area (Å²) in [5.74, 6) is 2.09. The van der Waals surface area contributed by atoms with Crippen LogP contribution in [-0.4, -0.2) is 22.9 Å². The molecule has 0 atom stereocenters. The van der Waals surface area contributed by atoms with Gasteiger partial charge >= 0.3 is 0 Å². The summed E-state index contributed by atoms with van der Waals surface area (Å²) in [6.45, 7) is 6.53. The second-order valence-corrected chi connectivity index (χ2v) is 8.33. The van der Waals surface area contributed by atoms with Gasteiger partial charge in [-0.05, 0) is 73.2 Å². The molecule has 0 aliphatic carbocycles. The van der Waals surface area contributed by atoms with Gasteiger partial charge in [0, 0.05) is 11.1 Å². The van der Waals surface area contributed by atoms with Crippen LogP contribution in [0.2, 0.25) is 10.0 Å². The molecule has 1 heterocycles. The van der Waals surface area contributed by atoms with E-state index in [1.807, 2.05) is 39.0 Å². The van der Waals surface area contributed by atoms with Crippen molar-refractivity contribution in [1.82, 2.24) is 10.1 Å². The zero-order chi connectivity index (χ0) is 20.3. The monoisotopic (exact) mass is 532 g/mol. The van der Waals surface area contributed by atoms with E-state index in [9.17, 15) is 0 Å². The first-order chi connectivity index (χ1) is 13.4. The molecule has 148 valence electrons. The van der Waals surface area contributed by atoms with E-state index < -0.39 is 0 Å². The summed E-state index contributed by atoms with van der Waals surface area (Å²) in [4.78, 5) is 4.48. The van der Waals surface area contributed by atoms with Gasteiger partial charge in [0.25, 0.3) is 5.89 Å². The number of hydrogen-bond acceptors (Lipinski definition) is 5. The Morgan fingerprint density at radius 1 is 1.11 bits per heavy atom. The normalized spacial score (nSPS) is 11.1. The van der Waals surface area contributed by atoms with E-state index >= 15 is 0 Å². The lowest BCUT2D eigenvalue weighted by Gasteiger charge is -2.11. The minimum atomic E-state index is 0.106. The predicted molar refractivity (Wildman–Crippen MR) is 119 cm³/mol. The maximum absolute atomic E-state index is 6.31. The Kier molecular flexibility index (Phi) is 7.06. The van der Waals surface area contributed by atoms with Gasteiger partial charge in [0.2, 0.25) is 5.82 Å². The summed E-state index contributed by atoms with van der Waals surface area (Å²) in [6, 6.07) is 9.17. The summed E-state index contributed by atoms with van der Waals surface area (Å²) >= 11 is 14.8. The van der Waals surface area contributed by atoms with Crippen LogP contribution >= 0.6 is 45.8 Å². The van der Waals surface area contributed by atoms with Gasteiger partial charge in [0.05, 0.1) is 26.3 Å². The molecule has 1 aromatic heterocycles. The second-order valence-electron chi connectivity index (χ2n) is 6.35. The molecule has 2 aromatic carbocycles. The van der Waals surface area contributed by atoms with E-state index in [1.165, 1.54) is 0 Å². The molecular weight excluding hydrogens is 514 g/mol. The standard InChI is InChI=1S/C20H19Cl2IN2O3/c1-4-7-26-18-14(21)8-13(9-15(18)22)20-24-19(25-28-20)12-5-6-17(16(23)10-12)27-11(2)3/h5-6,8-11H,4,7H2,1-3H3. The third-order valence-electron chi connectivity index (χ3n) is 3.67. The number of halogens is 3. The molecule has 8 heteroatoms. The van der Waals surface area contributed by atoms with E-state index in [-0.39, 0.29) is 6.10 Å². The summed E-state index contributed by atoms with van der Waals surface area (Å²) < 4.78 is 17.7. The van der Waals surface area contributed by atoms with Crippen LogP contribution in [-0.2, 0) is 0 Å². The second kappa shape index (κ2) is 9.33. The van der Waals surface area contributed by atoms with Gasteiger partial charge in [-0.3, -0.25) is 0 Å². The molecule has 0 aliphatic heterocycles. The van der Waals surface area contributed by atoms with Crippen molar-refractivity contribution in [3.63, 3.8) is 0 Å². The van der Waals surface area contributed by atoms with Crippen molar-refractivity contribution in [2.75, 3.05) is 6.61 Å². The van der Waals surface area contributed by atoms with Crippen LogP contribution in [0.3, 0.4) is 0 Å². The van der Waals surface area contributed by atoms with E-state index in [2.05, 4.69) is 32.7 Å². The van der Waals surface area contributed by atoms with Gasteiger partial charge in [-0.2, -0.15) is 4.98 Å². The zero-order valence-electron chi connectivity index (χ0n) is 15.6. The first-order valence-corrected chi connectivity index (χ1v) is 10.6. The maximum Gasteiger partial charge on any atom is 0.258 e. The minimum Gasteiger partial charge on any atom is -0.490 e. The Labute approximate surface area is 187 Å². The Morgan fingerprint density at radius 3 is 2.43 bits per heavy atom. The van der Waals surface area contributed by atoms with Crippen LogP contribution in [0.1, 0.15) is 27.2 Å². The van der Waals surface area contributed by atoms with Crippen LogP contribution < -0.4 is 9.47 Å². The molecule has 0 spiro atoms. The van der Waals surface area contributed by atoms with Gasteiger partial charge in [-0.1, -0.05) is 35.3 Å². The molecule has 0 aliphatic rings. The fraction of sp³-hybridized carbons (Fsp3) is 0.300. The first-order valence-electron chi connectivity index (χ1n) is 8.81. The van der Waals surface area contributed by atoms with Gasteiger partial charge in [0.1, 0.15) is 5.75 Å². The van der Waals surface area contributed by atoms with Gasteiger partial charge < -0.3 is 14.0 Å². The number of hydrogen-bond donors (Lipinski definition) is 0. The molecule has 0 bridgehead atoms. The maximum atomic E-state index is 6.31. The highest BCUT2D eigenvalue weighted by Crippen LogP contribution is 2.37. The Balaban J connectivity index is 1.87. The van der Waals surface area contributed by atoms with Gasteiger partial charge in [0.15, 0.2) is 5.75 Å². The molecule has 3 aromatic rings. The van der Waals surface area contributed by atoms with E-state index in [1.54, 1.807) is 12.1 Å². The molecule has 0 amide bonds. The summed E-state index contributed by atoms with van der Waals surface area (Å²) in [5, 5.41) is 4.88. The molecule has 0 saturated heterocycles. The van der Waals surface area contributed by atoms with E-state index in [0.29, 0.717) is 39.7 Å². The highest BCUT2D eigenvalue weighted by Gasteiger charge is 2.16. The van der Waals surface area contributed by atoms with Crippen LogP contribution in [0.25, 0.3) is 22.8 Å². The fourth-order valence-electron chi connectivity index (χ4n) is 2.47. The molecule has 0 N–H and O–H groups in total. The SMILES string of the molecule is CCCOc1c(Cl)cc(-c2nc(-c3ccc(OC(C)C)c(I)c3)no2)cc1Cl. The molecule has 0 saturated carbocycles. The largest absolute Gasteiger partial charge is 0.490 e. The fourth-order valence-corrected chi connectivity index (χ4v) is 3.71. The predicted octanol–water partition coefficient (Wildman–Crippen LogP) is 6.89.